The van der Waals surface area contributed by atoms with Crippen molar-refractivity contribution in [3.8, 4) is 0 Å². The second-order valence-corrected chi connectivity index (χ2v) is 5.04. The molecule has 0 bridgehead atoms. The lowest BCUT2D eigenvalue weighted by Crippen LogP contribution is -2.24. The Hall–Kier alpha value is -1.56. The summed E-state index contributed by atoms with van der Waals surface area (Å²) in [5.41, 5.74) is 1.73. The third-order valence-corrected chi connectivity index (χ3v) is 4.06. The van der Waals surface area contributed by atoms with Gasteiger partial charge in [-0.05, 0) is 18.1 Å². The second-order valence-electron chi connectivity index (χ2n) is 4.40. The number of amides is 1. The summed E-state index contributed by atoms with van der Waals surface area (Å²) in [5.74, 6) is -0.129. The van der Waals surface area contributed by atoms with Crippen molar-refractivity contribution in [1.82, 2.24) is 4.98 Å². The average molecular weight is 311 g/mol. The topological polar surface area (TPSA) is 66.3 Å². The molecule has 1 fully saturated rings. The van der Waals surface area contributed by atoms with Crippen molar-refractivity contribution in [3.05, 3.63) is 28.7 Å². The summed E-state index contributed by atoms with van der Waals surface area (Å²) in [4.78, 5) is 27.5. The molecule has 1 aromatic heterocycles. The Balaban J connectivity index is 2.09. The first kappa shape index (κ1) is 11.5. The van der Waals surface area contributed by atoms with Crippen LogP contribution in [-0.4, -0.2) is 22.8 Å². The number of carbonyl (C=O) groups is 1. The van der Waals surface area contributed by atoms with Gasteiger partial charge in [0.1, 0.15) is 0 Å². The Bertz CT molecular complexity index is 661. The Morgan fingerprint density at radius 1 is 1.44 bits per heavy atom. The first-order valence-electron chi connectivity index (χ1n) is 5.67. The summed E-state index contributed by atoms with van der Waals surface area (Å²) in [7, 11) is 0. The molecule has 18 heavy (non-hydrogen) atoms. The number of aromatic amines is 1. The quantitative estimate of drug-likeness (QED) is 0.861. The number of hydrogen-bond acceptors (Lipinski definition) is 3. The molecule has 94 valence electrons. The van der Waals surface area contributed by atoms with Gasteiger partial charge in [0.2, 0.25) is 5.91 Å². The van der Waals surface area contributed by atoms with Gasteiger partial charge in [-0.15, -0.1) is 0 Å². The van der Waals surface area contributed by atoms with Crippen LogP contribution in [0.5, 0.6) is 0 Å². The number of hydrogen-bond donors (Lipinski definition) is 1. The number of alkyl halides is 1. The summed E-state index contributed by atoms with van der Waals surface area (Å²) in [6.07, 6.45) is 0.524. The minimum absolute atomic E-state index is 0.0656. The van der Waals surface area contributed by atoms with Crippen LogP contribution in [0.15, 0.2) is 27.4 Å². The summed E-state index contributed by atoms with van der Waals surface area (Å²) in [6, 6.07) is 5.36. The fourth-order valence-corrected chi connectivity index (χ4v) is 2.72. The highest BCUT2D eigenvalue weighted by atomic mass is 79.9. The van der Waals surface area contributed by atoms with E-state index in [0.29, 0.717) is 35.7 Å². The van der Waals surface area contributed by atoms with Crippen LogP contribution in [0.1, 0.15) is 6.42 Å². The molecular formula is C12H11BrN2O3. The van der Waals surface area contributed by atoms with Crippen LogP contribution in [0.3, 0.4) is 0 Å². The monoisotopic (exact) mass is 310 g/mol. The lowest BCUT2D eigenvalue weighted by atomic mass is 10.2. The predicted molar refractivity (Wildman–Crippen MR) is 71.1 cm³/mol. The molecule has 1 amide bonds. The maximum atomic E-state index is 12.0. The number of aromatic nitrogens is 1. The smallest absolute Gasteiger partial charge is 0.406 e. The van der Waals surface area contributed by atoms with E-state index in [2.05, 4.69) is 20.9 Å². The molecule has 1 N–H and O–H groups in total. The molecule has 1 aliphatic heterocycles. The van der Waals surface area contributed by atoms with Crippen molar-refractivity contribution in [2.45, 2.75) is 6.42 Å². The van der Waals surface area contributed by atoms with Crippen LogP contribution in [0.4, 0.5) is 5.69 Å². The molecule has 6 heteroatoms. The average Bonchev–Trinajstić information content (AvgIpc) is 2.90. The molecule has 2 aromatic rings. The normalized spacial score (nSPS) is 19.9. The molecule has 0 aliphatic carbocycles. The number of nitrogens with zero attached hydrogens (tertiary/aromatic N) is 1. The van der Waals surface area contributed by atoms with E-state index in [0.717, 1.165) is 5.33 Å². The van der Waals surface area contributed by atoms with E-state index in [1.54, 1.807) is 23.1 Å². The lowest BCUT2D eigenvalue weighted by Gasteiger charge is -2.16. The van der Waals surface area contributed by atoms with Crippen LogP contribution >= 0.6 is 15.9 Å². The number of oxazole rings is 1. The number of rotatable bonds is 2. The van der Waals surface area contributed by atoms with Gasteiger partial charge in [-0.3, -0.25) is 9.78 Å². The molecule has 0 spiro atoms. The van der Waals surface area contributed by atoms with Gasteiger partial charge in [-0.25, -0.2) is 4.79 Å². The van der Waals surface area contributed by atoms with Gasteiger partial charge in [0.05, 0.1) is 11.2 Å². The molecule has 1 unspecified atom stereocenters. The van der Waals surface area contributed by atoms with Crippen molar-refractivity contribution in [1.29, 1.82) is 0 Å². The van der Waals surface area contributed by atoms with Crippen LogP contribution in [-0.2, 0) is 4.79 Å². The van der Waals surface area contributed by atoms with Gasteiger partial charge >= 0.3 is 5.76 Å². The van der Waals surface area contributed by atoms with Crippen LogP contribution in [0.2, 0.25) is 0 Å². The van der Waals surface area contributed by atoms with Crippen molar-refractivity contribution >= 4 is 38.6 Å². The van der Waals surface area contributed by atoms with E-state index in [1.165, 1.54) is 0 Å². The Morgan fingerprint density at radius 2 is 2.28 bits per heavy atom. The summed E-state index contributed by atoms with van der Waals surface area (Å²) in [6.45, 7) is 0.651. The van der Waals surface area contributed by atoms with Crippen molar-refractivity contribution in [3.63, 3.8) is 0 Å². The SMILES string of the molecule is O=C1CC(CBr)CN1c1cccc2[nH]c(=O)oc12. The van der Waals surface area contributed by atoms with Crippen molar-refractivity contribution in [2.24, 2.45) is 5.92 Å². The molecule has 1 aromatic carbocycles. The van der Waals surface area contributed by atoms with E-state index in [-0.39, 0.29) is 5.91 Å². The number of H-pyrrole nitrogens is 1. The van der Waals surface area contributed by atoms with Crippen LogP contribution < -0.4 is 10.7 Å². The molecule has 0 radical (unpaired) electrons. The van der Waals surface area contributed by atoms with E-state index in [1.807, 2.05) is 0 Å². The third kappa shape index (κ3) is 1.77. The third-order valence-electron chi connectivity index (χ3n) is 3.14. The minimum Gasteiger partial charge on any atom is -0.406 e. The number of benzene rings is 1. The Kier molecular flexibility index (Phi) is 2.74. The molecule has 1 aliphatic rings. The van der Waals surface area contributed by atoms with E-state index >= 15 is 0 Å². The fourth-order valence-electron chi connectivity index (χ4n) is 2.29. The molecular weight excluding hydrogens is 300 g/mol. The lowest BCUT2D eigenvalue weighted by molar-refractivity contribution is -0.117. The maximum Gasteiger partial charge on any atom is 0.417 e. The number of halogens is 1. The van der Waals surface area contributed by atoms with E-state index in [9.17, 15) is 9.59 Å². The Morgan fingerprint density at radius 3 is 3.00 bits per heavy atom. The van der Waals surface area contributed by atoms with Gasteiger partial charge in [0, 0.05) is 18.3 Å². The minimum atomic E-state index is -0.499. The zero-order valence-corrected chi connectivity index (χ0v) is 11.1. The standard InChI is InChI=1S/C12H11BrN2O3/c13-5-7-4-10(16)15(6-7)9-3-1-2-8-11(9)18-12(17)14-8/h1-3,7H,4-6H2,(H,14,17). The number of fused-ring (bicyclic) bond motifs is 1. The molecule has 1 atom stereocenters. The highest BCUT2D eigenvalue weighted by Crippen LogP contribution is 2.31. The highest BCUT2D eigenvalue weighted by molar-refractivity contribution is 9.09. The number of nitrogens with one attached hydrogen (secondary N) is 1. The molecule has 0 saturated carbocycles. The predicted octanol–water partition coefficient (Wildman–Crippen LogP) is 1.87. The Labute approximate surface area is 111 Å². The van der Waals surface area contributed by atoms with E-state index < -0.39 is 5.76 Å². The van der Waals surface area contributed by atoms with Crippen molar-refractivity contribution in [2.75, 3.05) is 16.8 Å². The number of anilines is 1. The molecule has 1 saturated heterocycles. The van der Waals surface area contributed by atoms with Gasteiger partial charge in [-0.2, -0.15) is 0 Å². The zero-order valence-electron chi connectivity index (χ0n) is 9.48. The van der Waals surface area contributed by atoms with Gasteiger partial charge in [0.15, 0.2) is 5.58 Å². The largest absolute Gasteiger partial charge is 0.417 e. The van der Waals surface area contributed by atoms with Gasteiger partial charge < -0.3 is 9.32 Å². The summed E-state index contributed by atoms with van der Waals surface area (Å²) < 4.78 is 5.11. The summed E-state index contributed by atoms with van der Waals surface area (Å²) >= 11 is 3.40. The number of para-hydroxylation sites is 1. The molecule has 2 heterocycles. The number of carbonyl (C=O) groups excluding carboxylic acids is 1. The van der Waals surface area contributed by atoms with Gasteiger partial charge in [0.25, 0.3) is 0 Å². The molecule has 3 rings (SSSR count). The first-order chi connectivity index (χ1) is 8.69. The maximum absolute atomic E-state index is 12.0. The highest BCUT2D eigenvalue weighted by Gasteiger charge is 2.31. The summed E-state index contributed by atoms with van der Waals surface area (Å²) in [5, 5.41) is 0.794. The van der Waals surface area contributed by atoms with Gasteiger partial charge in [-0.1, -0.05) is 22.0 Å². The fraction of sp³-hybridized carbons (Fsp3) is 0.333. The van der Waals surface area contributed by atoms with Crippen molar-refractivity contribution < 1.29 is 9.21 Å². The van der Waals surface area contributed by atoms with Crippen LogP contribution in [0, 0.1) is 5.92 Å². The molecule has 5 nitrogen and oxygen atoms in total. The van der Waals surface area contributed by atoms with E-state index in [4.69, 9.17) is 4.42 Å². The zero-order chi connectivity index (χ0) is 12.7. The first-order valence-corrected chi connectivity index (χ1v) is 6.79. The second kappa shape index (κ2) is 4.28. The van der Waals surface area contributed by atoms with Crippen LogP contribution in [0.25, 0.3) is 11.1 Å².